The fraction of sp³-hybridized carbons (Fsp3) is 0.632. The highest BCUT2D eigenvalue weighted by molar-refractivity contribution is 7.89. The van der Waals surface area contributed by atoms with Crippen molar-refractivity contribution in [3.63, 3.8) is 0 Å². The summed E-state index contributed by atoms with van der Waals surface area (Å²) in [7, 11) is -1.81. The Hall–Kier alpha value is -1.40. The number of sulfonamides is 1. The van der Waals surface area contributed by atoms with Gasteiger partial charge in [-0.15, -0.1) is 0 Å². The first-order chi connectivity index (χ1) is 11.6. The van der Waals surface area contributed by atoms with Gasteiger partial charge >= 0.3 is 0 Å². The number of hydrogen-bond donors (Lipinski definition) is 0. The maximum absolute atomic E-state index is 13.0. The molecule has 0 aliphatic carbocycles. The standard InChI is InChI=1S/C19H30N2O3S/c1-14(2)13-20(5)19(22)18-12-17(10-9-15(18)3)25(23,24)21-11-7-6-8-16(21)4/h9-10,12,14,16H,6-8,11,13H2,1-5H3. The molecule has 0 N–H and O–H groups in total. The van der Waals surface area contributed by atoms with Gasteiger partial charge < -0.3 is 4.90 Å². The Morgan fingerprint density at radius 3 is 2.60 bits per heavy atom. The van der Waals surface area contributed by atoms with Gasteiger partial charge in [0.15, 0.2) is 0 Å². The second-order valence-electron chi connectivity index (χ2n) is 7.52. The van der Waals surface area contributed by atoms with Crippen molar-refractivity contribution in [3.05, 3.63) is 29.3 Å². The number of aryl methyl sites for hydroxylation is 1. The molecule has 1 amide bonds. The van der Waals surface area contributed by atoms with Crippen LogP contribution in [0.4, 0.5) is 0 Å². The van der Waals surface area contributed by atoms with Gasteiger partial charge in [-0.1, -0.05) is 26.3 Å². The predicted octanol–water partition coefficient (Wildman–Crippen LogP) is 3.29. The van der Waals surface area contributed by atoms with Crippen LogP contribution in [-0.2, 0) is 10.0 Å². The van der Waals surface area contributed by atoms with Crippen LogP contribution in [0.1, 0.15) is 56.0 Å². The SMILES string of the molecule is Cc1ccc(S(=O)(=O)N2CCCCC2C)cc1C(=O)N(C)CC(C)C. The van der Waals surface area contributed by atoms with Crippen molar-refractivity contribution < 1.29 is 13.2 Å². The zero-order chi connectivity index (χ0) is 18.8. The molecule has 1 aliphatic heterocycles. The maximum atomic E-state index is 13.0. The fourth-order valence-electron chi connectivity index (χ4n) is 3.39. The molecular formula is C19H30N2O3S. The summed E-state index contributed by atoms with van der Waals surface area (Å²) in [6.07, 6.45) is 2.83. The van der Waals surface area contributed by atoms with E-state index in [9.17, 15) is 13.2 Å². The molecule has 1 aromatic rings. The molecule has 0 radical (unpaired) electrons. The van der Waals surface area contributed by atoms with Crippen LogP contribution in [0.15, 0.2) is 23.1 Å². The van der Waals surface area contributed by atoms with Gasteiger partial charge in [0.05, 0.1) is 4.90 Å². The lowest BCUT2D eigenvalue weighted by molar-refractivity contribution is 0.0778. The first-order valence-electron chi connectivity index (χ1n) is 9.02. The van der Waals surface area contributed by atoms with Gasteiger partial charge in [0.25, 0.3) is 5.91 Å². The van der Waals surface area contributed by atoms with E-state index in [0.717, 1.165) is 24.8 Å². The van der Waals surface area contributed by atoms with Crippen molar-refractivity contribution >= 4 is 15.9 Å². The van der Waals surface area contributed by atoms with Crippen molar-refractivity contribution in [1.82, 2.24) is 9.21 Å². The lowest BCUT2D eigenvalue weighted by Gasteiger charge is -2.32. The Morgan fingerprint density at radius 1 is 1.32 bits per heavy atom. The molecule has 1 heterocycles. The topological polar surface area (TPSA) is 57.7 Å². The molecule has 25 heavy (non-hydrogen) atoms. The van der Waals surface area contributed by atoms with Crippen LogP contribution >= 0.6 is 0 Å². The smallest absolute Gasteiger partial charge is 0.253 e. The van der Waals surface area contributed by atoms with Crippen molar-refractivity contribution in [1.29, 1.82) is 0 Å². The summed E-state index contributed by atoms with van der Waals surface area (Å²) in [4.78, 5) is 14.6. The summed E-state index contributed by atoms with van der Waals surface area (Å²) in [5.74, 6) is 0.227. The first-order valence-corrected chi connectivity index (χ1v) is 10.5. The minimum absolute atomic E-state index is 0.00261. The minimum atomic E-state index is -3.57. The number of piperidine rings is 1. The van der Waals surface area contributed by atoms with Gasteiger partial charge in [0.1, 0.15) is 0 Å². The van der Waals surface area contributed by atoms with E-state index in [-0.39, 0.29) is 16.8 Å². The van der Waals surface area contributed by atoms with E-state index < -0.39 is 10.0 Å². The van der Waals surface area contributed by atoms with Crippen LogP contribution in [0.2, 0.25) is 0 Å². The third-order valence-electron chi connectivity index (χ3n) is 4.77. The normalized spacial score (nSPS) is 19.2. The van der Waals surface area contributed by atoms with Gasteiger partial charge in [0.2, 0.25) is 10.0 Å². The van der Waals surface area contributed by atoms with Gasteiger partial charge in [0, 0.05) is 31.7 Å². The summed E-state index contributed by atoms with van der Waals surface area (Å²) in [5.41, 5.74) is 1.26. The lowest BCUT2D eigenvalue weighted by atomic mass is 10.1. The molecule has 1 fully saturated rings. The van der Waals surface area contributed by atoms with Crippen LogP contribution in [0.3, 0.4) is 0 Å². The number of amides is 1. The van der Waals surface area contributed by atoms with E-state index in [1.165, 1.54) is 0 Å². The molecule has 1 aliphatic rings. The number of rotatable bonds is 5. The molecule has 2 rings (SSSR count). The molecule has 1 atom stereocenters. The number of carbonyl (C=O) groups excluding carboxylic acids is 1. The van der Waals surface area contributed by atoms with E-state index in [1.807, 2.05) is 13.8 Å². The van der Waals surface area contributed by atoms with Gasteiger partial charge in [-0.05, 0) is 50.3 Å². The first kappa shape index (κ1) is 19.9. The van der Waals surface area contributed by atoms with Crippen molar-refractivity contribution in [3.8, 4) is 0 Å². The maximum Gasteiger partial charge on any atom is 0.253 e. The molecule has 0 bridgehead atoms. The molecule has 1 unspecified atom stereocenters. The van der Waals surface area contributed by atoms with Crippen LogP contribution in [0, 0.1) is 12.8 Å². The summed E-state index contributed by atoms with van der Waals surface area (Å²) in [6.45, 7) is 9.08. The number of carbonyl (C=O) groups is 1. The van der Waals surface area contributed by atoms with E-state index >= 15 is 0 Å². The lowest BCUT2D eigenvalue weighted by Crippen LogP contribution is -2.42. The van der Waals surface area contributed by atoms with Gasteiger partial charge in [-0.25, -0.2) is 8.42 Å². The molecule has 0 aromatic heterocycles. The summed E-state index contributed by atoms with van der Waals surface area (Å²) < 4.78 is 27.6. The van der Waals surface area contributed by atoms with Gasteiger partial charge in [-0.2, -0.15) is 4.31 Å². The second-order valence-corrected chi connectivity index (χ2v) is 9.41. The molecule has 1 saturated heterocycles. The Labute approximate surface area is 152 Å². The molecular weight excluding hydrogens is 336 g/mol. The summed E-state index contributed by atoms with van der Waals surface area (Å²) >= 11 is 0. The highest BCUT2D eigenvalue weighted by Gasteiger charge is 2.31. The molecule has 0 spiro atoms. The highest BCUT2D eigenvalue weighted by Crippen LogP contribution is 2.26. The van der Waals surface area contributed by atoms with E-state index in [1.54, 1.807) is 34.5 Å². The van der Waals surface area contributed by atoms with Crippen LogP contribution in [-0.4, -0.2) is 49.7 Å². The quantitative estimate of drug-likeness (QED) is 0.803. The second kappa shape index (κ2) is 7.87. The average molecular weight is 367 g/mol. The predicted molar refractivity (Wildman–Crippen MR) is 100 cm³/mol. The minimum Gasteiger partial charge on any atom is -0.341 e. The molecule has 140 valence electrons. The molecule has 0 saturated carbocycles. The summed E-state index contributed by atoms with van der Waals surface area (Å²) in [5, 5.41) is 0. The monoisotopic (exact) mass is 366 g/mol. The average Bonchev–Trinajstić information content (AvgIpc) is 2.54. The number of nitrogens with zero attached hydrogens (tertiary/aromatic N) is 2. The Bertz CT molecular complexity index is 728. The van der Waals surface area contributed by atoms with Crippen molar-refractivity contribution in [2.24, 2.45) is 5.92 Å². The van der Waals surface area contributed by atoms with E-state index in [2.05, 4.69) is 13.8 Å². The Morgan fingerprint density at radius 2 is 2.00 bits per heavy atom. The fourth-order valence-corrected chi connectivity index (χ4v) is 5.12. The molecule has 6 heteroatoms. The van der Waals surface area contributed by atoms with E-state index in [0.29, 0.717) is 24.6 Å². The zero-order valence-corrected chi connectivity index (χ0v) is 16.8. The zero-order valence-electron chi connectivity index (χ0n) is 15.9. The van der Waals surface area contributed by atoms with Crippen LogP contribution < -0.4 is 0 Å². The van der Waals surface area contributed by atoms with E-state index in [4.69, 9.17) is 0 Å². The van der Waals surface area contributed by atoms with Crippen LogP contribution in [0.5, 0.6) is 0 Å². The number of benzene rings is 1. The Kier molecular flexibility index (Phi) is 6.27. The summed E-state index contributed by atoms with van der Waals surface area (Å²) in [6, 6.07) is 4.90. The van der Waals surface area contributed by atoms with Crippen LogP contribution in [0.25, 0.3) is 0 Å². The largest absolute Gasteiger partial charge is 0.341 e. The third kappa shape index (κ3) is 4.42. The van der Waals surface area contributed by atoms with Crippen molar-refractivity contribution in [2.45, 2.75) is 57.9 Å². The molecule has 1 aromatic carbocycles. The molecule has 5 nitrogen and oxygen atoms in total. The van der Waals surface area contributed by atoms with Gasteiger partial charge in [-0.3, -0.25) is 4.79 Å². The van der Waals surface area contributed by atoms with Crippen molar-refractivity contribution in [2.75, 3.05) is 20.1 Å². The highest BCUT2D eigenvalue weighted by atomic mass is 32.2. The third-order valence-corrected chi connectivity index (χ3v) is 6.78. The Balaban J connectivity index is 2.36. The number of hydrogen-bond acceptors (Lipinski definition) is 3.